The molecule has 2 aromatic rings. The van der Waals surface area contributed by atoms with Crippen LogP contribution >= 0.6 is 12.3 Å². The highest BCUT2D eigenvalue weighted by atomic mass is 32.2. The second-order valence-electron chi connectivity index (χ2n) is 4.37. The van der Waals surface area contributed by atoms with Crippen LogP contribution in [0.3, 0.4) is 0 Å². The lowest BCUT2D eigenvalue weighted by atomic mass is 10.00. The predicted molar refractivity (Wildman–Crippen MR) is 69.1 cm³/mol. The van der Waals surface area contributed by atoms with Crippen LogP contribution in [0.5, 0.6) is 0 Å². The summed E-state index contributed by atoms with van der Waals surface area (Å²) in [5.74, 6) is -1.15. The number of imidazole rings is 1. The van der Waals surface area contributed by atoms with Crippen molar-refractivity contribution in [1.82, 2.24) is 13.9 Å². The first-order valence-corrected chi connectivity index (χ1v) is 6.55. The minimum Gasteiger partial charge on any atom is -0.377 e. The molecule has 2 unspecified atom stereocenters. The maximum atomic E-state index is 12.8. The predicted octanol–water partition coefficient (Wildman–Crippen LogP) is 3.41. The molecule has 2 aromatic heterocycles. The quantitative estimate of drug-likeness (QED) is 0.877. The molecule has 0 aromatic carbocycles. The van der Waals surface area contributed by atoms with Gasteiger partial charge in [0.05, 0.1) is 5.69 Å². The molecule has 0 aliphatic heterocycles. The van der Waals surface area contributed by atoms with Crippen LogP contribution in [0, 0.1) is 0 Å². The molecule has 0 aliphatic carbocycles. The number of halogens is 4. The van der Waals surface area contributed by atoms with Crippen molar-refractivity contribution in [3.8, 4) is 0 Å². The van der Waals surface area contributed by atoms with Crippen molar-refractivity contribution in [2.45, 2.75) is 25.1 Å². The van der Waals surface area contributed by atoms with Crippen LogP contribution in [0.4, 0.5) is 17.1 Å². The van der Waals surface area contributed by atoms with E-state index < -0.39 is 30.4 Å². The van der Waals surface area contributed by atoms with E-state index in [1.54, 1.807) is 19.1 Å². The molecule has 21 heavy (non-hydrogen) atoms. The molecule has 1 N–H and O–H groups in total. The first-order chi connectivity index (χ1) is 9.84. The minimum atomic E-state index is -4.91. The van der Waals surface area contributed by atoms with E-state index in [-0.39, 0.29) is 11.6 Å². The van der Waals surface area contributed by atoms with Gasteiger partial charge >= 0.3 is 6.18 Å². The molecule has 0 aliphatic rings. The average molecular weight is 321 g/mol. The number of rotatable bonds is 4. The topological polar surface area (TPSA) is 50.9 Å². The fraction of sp³-hybridized carbons (Fsp3) is 0.333. The summed E-state index contributed by atoms with van der Waals surface area (Å²) in [6.07, 6.45) is -3.52. The summed E-state index contributed by atoms with van der Waals surface area (Å²) in [6.45, 7) is 1.72. The third-order valence-corrected chi connectivity index (χ3v) is 3.44. The Hall–Kier alpha value is -1.61. The monoisotopic (exact) mass is 321 g/mol. The normalized spacial score (nSPS) is 15.0. The first kappa shape index (κ1) is 15.8. The summed E-state index contributed by atoms with van der Waals surface area (Å²) in [4.78, 5) is 7.58. The minimum absolute atomic E-state index is 0.227. The number of aliphatic hydroxyl groups is 1. The molecule has 0 radical (unpaired) electrons. The molecule has 2 atom stereocenters. The van der Waals surface area contributed by atoms with Crippen LogP contribution in [0.1, 0.15) is 36.0 Å². The van der Waals surface area contributed by atoms with E-state index in [0.29, 0.717) is 3.97 Å². The van der Waals surface area contributed by atoms with E-state index in [2.05, 4.69) is 9.97 Å². The summed E-state index contributed by atoms with van der Waals surface area (Å²) in [7, 11) is 0. The van der Waals surface area contributed by atoms with Crippen molar-refractivity contribution in [2.24, 2.45) is 0 Å². The lowest BCUT2D eigenvalue weighted by Crippen LogP contribution is -2.22. The number of aliphatic hydroxyl groups excluding tert-OH is 1. The Balaban J connectivity index is 2.37. The van der Waals surface area contributed by atoms with Crippen LogP contribution in [0.15, 0.2) is 30.7 Å². The third kappa shape index (κ3) is 3.35. The molecule has 0 bridgehead atoms. The van der Waals surface area contributed by atoms with Crippen LogP contribution in [0.25, 0.3) is 0 Å². The highest BCUT2D eigenvalue weighted by Crippen LogP contribution is 2.35. The molecular weight excluding hydrogens is 310 g/mol. The Morgan fingerprint density at radius 1 is 1.29 bits per heavy atom. The van der Waals surface area contributed by atoms with Gasteiger partial charge in [-0.15, -0.1) is 3.89 Å². The van der Waals surface area contributed by atoms with Gasteiger partial charge in [-0.05, 0) is 17.7 Å². The van der Waals surface area contributed by atoms with E-state index in [1.807, 2.05) is 0 Å². The number of pyridine rings is 1. The maximum Gasteiger partial charge on any atom is 0.421 e. The molecule has 9 heteroatoms. The van der Waals surface area contributed by atoms with Crippen molar-refractivity contribution in [1.29, 1.82) is 0 Å². The Morgan fingerprint density at radius 2 is 1.90 bits per heavy atom. The standard InChI is InChI=1S/C12H11F4N3OS/c1-7(8-2-4-17-5-3-8)9-6-19(21-16)11(18-9)10(20)12(13,14)15/h2-7,10,20H,1H3. The van der Waals surface area contributed by atoms with Gasteiger partial charge in [0, 0.05) is 24.5 Å². The first-order valence-electron chi connectivity index (χ1n) is 5.87. The largest absolute Gasteiger partial charge is 0.421 e. The van der Waals surface area contributed by atoms with Gasteiger partial charge in [-0.3, -0.25) is 4.98 Å². The lowest BCUT2D eigenvalue weighted by Gasteiger charge is -2.13. The Labute approximate surface area is 122 Å². The van der Waals surface area contributed by atoms with Crippen molar-refractivity contribution < 1.29 is 22.2 Å². The van der Waals surface area contributed by atoms with Gasteiger partial charge in [0.1, 0.15) is 0 Å². The van der Waals surface area contributed by atoms with Crippen LogP contribution in [-0.2, 0) is 0 Å². The molecule has 2 rings (SSSR count). The van der Waals surface area contributed by atoms with Gasteiger partial charge < -0.3 is 5.11 Å². The molecule has 0 amide bonds. The summed E-state index contributed by atoms with van der Waals surface area (Å²) < 4.78 is 51.0. The Kier molecular flexibility index (Phi) is 4.52. The molecule has 2 heterocycles. The summed E-state index contributed by atoms with van der Waals surface area (Å²) in [5.41, 5.74) is 0.996. The Morgan fingerprint density at radius 3 is 2.43 bits per heavy atom. The lowest BCUT2D eigenvalue weighted by molar-refractivity contribution is -0.209. The smallest absolute Gasteiger partial charge is 0.377 e. The molecule has 0 fully saturated rings. The zero-order chi connectivity index (χ0) is 15.6. The zero-order valence-corrected chi connectivity index (χ0v) is 11.6. The highest BCUT2D eigenvalue weighted by Gasteiger charge is 2.43. The molecule has 114 valence electrons. The molecule has 0 saturated carbocycles. The second-order valence-corrected chi connectivity index (χ2v) is 4.90. The van der Waals surface area contributed by atoms with Gasteiger partial charge in [0.2, 0.25) is 6.10 Å². The second kappa shape index (κ2) is 6.02. The van der Waals surface area contributed by atoms with Crippen LogP contribution in [0.2, 0.25) is 0 Å². The molecule has 4 nitrogen and oxygen atoms in total. The SMILES string of the molecule is CC(c1ccncc1)c1cn(SF)c(C(O)C(F)(F)F)n1. The number of aromatic nitrogens is 3. The van der Waals surface area contributed by atoms with Crippen molar-refractivity contribution in [3.05, 3.63) is 47.8 Å². The number of hydrogen-bond donors (Lipinski definition) is 1. The van der Waals surface area contributed by atoms with Crippen LogP contribution < -0.4 is 0 Å². The van der Waals surface area contributed by atoms with Gasteiger partial charge in [0.25, 0.3) is 0 Å². The number of nitrogens with zero attached hydrogens (tertiary/aromatic N) is 3. The average Bonchev–Trinajstić information content (AvgIpc) is 2.89. The molecular formula is C12H11F4N3OS. The maximum absolute atomic E-state index is 12.8. The highest BCUT2D eigenvalue weighted by molar-refractivity contribution is 7.92. The van der Waals surface area contributed by atoms with E-state index in [1.165, 1.54) is 12.4 Å². The van der Waals surface area contributed by atoms with Gasteiger partial charge in [0.15, 0.2) is 18.2 Å². The molecule has 0 saturated heterocycles. The van der Waals surface area contributed by atoms with Crippen molar-refractivity contribution in [2.75, 3.05) is 0 Å². The number of alkyl halides is 3. The fourth-order valence-corrected chi connectivity index (χ4v) is 2.17. The van der Waals surface area contributed by atoms with Gasteiger partial charge in [-0.25, -0.2) is 8.96 Å². The van der Waals surface area contributed by atoms with E-state index >= 15 is 0 Å². The van der Waals surface area contributed by atoms with E-state index in [4.69, 9.17) is 0 Å². The summed E-state index contributed by atoms with van der Waals surface area (Å²) >= 11 is -0.445. The number of hydrogen-bond acceptors (Lipinski definition) is 4. The van der Waals surface area contributed by atoms with Crippen molar-refractivity contribution in [3.63, 3.8) is 0 Å². The molecule has 0 spiro atoms. The summed E-state index contributed by atoms with van der Waals surface area (Å²) in [5, 5.41) is 9.24. The zero-order valence-electron chi connectivity index (χ0n) is 10.8. The van der Waals surface area contributed by atoms with Gasteiger partial charge in [-0.1, -0.05) is 6.92 Å². The van der Waals surface area contributed by atoms with Crippen molar-refractivity contribution >= 4 is 12.3 Å². The fourth-order valence-electron chi connectivity index (χ4n) is 1.81. The van der Waals surface area contributed by atoms with Crippen LogP contribution in [-0.4, -0.2) is 25.2 Å². The van der Waals surface area contributed by atoms with E-state index in [9.17, 15) is 22.2 Å². The third-order valence-electron chi connectivity index (χ3n) is 3.00. The Bertz CT molecular complexity index is 602. The summed E-state index contributed by atoms with van der Waals surface area (Å²) in [6, 6.07) is 3.37. The van der Waals surface area contributed by atoms with Gasteiger partial charge in [-0.2, -0.15) is 13.2 Å². The van der Waals surface area contributed by atoms with E-state index in [0.717, 1.165) is 11.8 Å².